The van der Waals surface area contributed by atoms with E-state index in [4.69, 9.17) is 9.47 Å². The molecule has 122 valence electrons. The van der Waals surface area contributed by atoms with E-state index in [0.717, 1.165) is 12.1 Å². The van der Waals surface area contributed by atoms with Gasteiger partial charge >= 0.3 is 0 Å². The number of hydrogen-bond donors (Lipinski definition) is 1. The molecule has 7 heteroatoms. The standard InChI is InChI=1S/C16H14F2INO3/c1-22-11-4-3-9(14(8-11)23-2)5-15(21)20-10-6-12(17)16(19)13(18)7-10/h3-4,6-8H,5H2,1-2H3,(H,20,21). The van der Waals surface area contributed by atoms with Crippen LogP contribution < -0.4 is 14.8 Å². The van der Waals surface area contributed by atoms with Gasteiger partial charge in [0.15, 0.2) is 0 Å². The van der Waals surface area contributed by atoms with E-state index in [1.807, 2.05) is 0 Å². The maximum atomic E-state index is 13.5. The van der Waals surface area contributed by atoms with Crippen LogP contribution in [0.1, 0.15) is 5.56 Å². The minimum Gasteiger partial charge on any atom is -0.497 e. The van der Waals surface area contributed by atoms with Crippen molar-refractivity contribution in [3.63, 3.8) is 0 Å². The second-order valence-electron chi connectivity index (χ2n) is 4.66. The van der Waals surface area contributed by atoms with Gasteiger partial charge in [0.2, 0.25) is 5.91 Å². The number of rotatable bonds is 5. The van der Waals surface area contributed by atoms with Crippen LogP contribution in [0.3, 0.4) is 0 Å². The van der Waals surface area contributed by atoms with E-state index >= 15 is 0 Å². The molecule has 2 aromatic rings. The molecule has 0 saturated heterocycles. The Bertz CT molecular complexity index is 714. The number of amides is 1. The van der Waals surface area contributed by atoms with Gasteiger partial charge in [-0.1, -0.05) is 6.07 Å². The van der Waals surface area contributed by atoms with Crippen LogP contribution in [0.2, 0.25) is 0 Å². The molecular weight excluding hydrogens is 419 g/mol. The van der Waals surface area contributed by atoms with Crippen molar-refractivity contribution in [2.24, 2.45) is 0 Å². The minimum atomic E-state index is -0.720. The molecule has 4 nitrogen and oxygen atoms in total. The third kappa shape index (κ3) is 4.31. The molecule has 0 aromatic heterocycles. The van der Waals surface area contributed by atoms with Crippen molar-refractivity contribution >= 4 is 34.2 Å². The van der Waals surface area contributed by atoms with Crippen LogP contribution in [0.5, 0.6) is 11.5 Å². The zero-order valence-electron chi connectivity index (χ0n) is 12.5. The van der Waals surface area contributed by atoms with Crippen LogP contribution in [0.15, 0.2) is 30.3 Å². The molecule has 1 N–H and O–H groups in total. The molecule has 2 aromatic carbocycles. The third-order valence-corrected chi connectivity index (χ3v) is 4.14. The number of nitrogens with one attached hydrogen (secondary N) is 1. The summed E-state index contributed by atoms with van der Waals surface area (Å²) in [5, 5.41) is 2.47. The van der Waals surface area contributed by atoms with E-state index in [1.165, 1.54) is 14.2 Å². The van der Waals surface area contributed by atoms with E-state index in [2.05, 4.69) is 5.32 Å². The molecular formula is C16H14F2INO3. The smallest absolute Gasteiger partial charge is 0.228 e. The fourth-order valence-corrected chi connectivity index (χ4v) is 2.32. The fourth-order valence-electron chi connectivity index (χ4n) is 2.00. The summed E-state index contributed by atoms with van der Waals surface area (Å²) < 4.78 is 37.2. The van der Waals surface area contributed by atoms with Crippen molar-refractivity contribution in [3.8, 4) is 11.5 Å². The summed E-state index contributed by atoms with van der Waals surface area (Å²) in [4.78, 5) is 12.1. The molecule has 1 amide bonds. The topological polar surface area (TPSA) is 47.6 Å². The van der Waals surface area contributed by atoms with Gasteiger partial charge in [0.25, 0.3) is 0 Å². The Kier molecular flexibility index (Phi) is 5.75. The van der Waals surface area contributed by atoms with E-state index in [0.29, 0.717) is 17.1 Å². The lowest BCUT2D eigenvalue weighted by atomic mass is 10.1. The molecule has 0 atom stereocenters. The number of halogens is 3. The van der Waals surface area contributed by atoms with E-state index < -0.39 is 17.5 Å². The molecule has 23 heavy (non-hydrogen) atoms. The SMILES string of the molecule is COc1ccc(CC(=O)Nc2cc(F)c(I)c(F)c2)c(OC)c1. The van der Waals surface area contributed by atoms with Gasteiger partial charge in [-0.25, -0.2) is 8.78 Å². The Labute approximate surface area is 145 Å². The first-order valence-electron chi connectivity index (χ1n) is 6.60. The Morgan fingerprint density at radius 2 is 1.78 bits per heavy atom. The van der Waals surface area contributed by atoms with Gasteiger partial charge in [0.05, 0.1) is 24.2 Å². The first-order valence-corrected chi connectivity index (χ1v) is 7.67. The van der Waals surface area contributed by atoms with Crippen LogP contribution >= 0.6 is 22.6 Å². The highest BCUT2D eigenvalue weighted by molar-refractivity contribution is 14.1. The molecule has 0 aliphatic carbocycles. The predicted molar refractivity (Wildman–Crippen MR) is 91.0 cm³/mol. The van der Waals surface area contributed by atoms with Crippen molar-refractivity contribution in [3.05, 3.63) is 51.1 Å². The number of benzene rings is 2. The predicted octanol–water partition coefficient (Wildman–Crippen LogP) is 3.77. The Hall–Kier alpha value is -1.90. The van der Waals surface area contributed by atoms with Gasteiger partial charge < -0.3 is 14.8 Å². The fraction of sp³-hybridized carbons (Fsp3) is 0.188. The van der Waals surface area contributed by atoms with Crippen LogP contribution in [0.25, 0.3) is 0 Å². The van der Waals surface area contributed by atoms with Crippen molar-refractivity contribution in [1.82, 2.24) is 0 Å². The Balaban J connectivity index is 2.14. The van der Waals surface area contributed by atoms with Crippen molar-refractivity contribution < 1.29 is 23.0 Å². The van der Waals surface area contributed by atoms with Crippen LogP contribution in [0, 0.1) is 15.2 Å². The minimum absolute atomic E-state index is 0.00237. The first-order chi connectivity index (χ1) is 10.9. The normalized spacial score (nSPS) is 10.3. The molecule has 0 unspecified atom stereocenters. The summed E-state index contributed by atoms with van der Waals surface area (Å²) in [6.07, 6.45) is 0.00237. The summed E-state index contributed by atoms with van der Waals surface area (Å²) in [6.45, 7) is 0. The van der Waals surface area contributed by atoms with Gasteiger partial charge in [-0.2, -0.15) is 0 Å². The zero-order chi connectivity index (χ0) is 17.0. The lowest BCUT2D eigenvalue weighted by molar-refractivity contribution is -0.115. The van der Waals surface area contributed by atoms with Crippen molar-refractivity contribution in [1.29, 1.82) is 0 Å². The van der Waals surface area contributed by atoms with Gasteiger partial charge in [-0.05, 0) is 40.8 Å². The third-order valence-electron chi connectivity index (χ3n) is 3.11. The summed E-state index contributed by atoms with van der Waals surface area (Å²) in [6, 6.07) is 7.22. The second kappa shape index (κ2) is 7.58. The van der Waals surface area contributed by atoms with Crippen LogP contribution in [0.4, 0.5) is 14.5 Å². The summed E-state index contributed by atoms with van der Waals surface area (Å²) >= 11 is 1.56. The molecule has 2 rings (SSSR count). The van der Waals surface area contributed by atoms with Gasteiger partial charge in [-0.15, -0.1) is 0 Å². The number of ether oxygens (including phenoxy) is 2. The van der Waals surface area contributed by atoms with E-state index in [1.54, 1.807) is 40.8 Å². The highest BCUT2D eigenvalue weighted by Crippen LogP contribution is 2.25. The average molecular weight is 433 g/mol. The largest absolute Gasteiger partial charge is 0.497 e. The molecule has 0 aliphatic heterocycles. The van der Waals surface area contributed by atoms with E-state index in [-0.39, 0.29) is 15.7 Å². The van der Waals surface area contributed by atoms with Crippen molar-refractivity contribution in [2.45, 2.75) is 6.42 Å². The second-order valence-corrected chi connectivity index (χ2v) is 5.74. The highest BCUT2D eigenvalue weighted by atomic mass is 127. The molecule has 0 radical (unpaired) electrons. The lowest BCUT2D eigenvalue weighted by Gasteiger charge is -2.11. The van der Waals surface area contributed by atoms with Crippen LogP contribution in [-0.4, -0.2) is 20.1 Å². The van der Waals surface area contributed by atoms with E-state index in [9.17, 15) is 13.6 Å². The summed E-state index contributed by atoms with van der Waals surface area (Å²) in [7, 11) is 3.01. The Morgan fingerprint density at radius 3 is 2.35 bits per heavy atom. The number of anilines is 1. The molecule has 0 bridgehead atoms. The summed E-state index contributed by atoms with van der Waals surface area (Å²) in [5.41, 5.74) is 0.704. The maximum Gasteiger partial charge on any atom is 0.228 e. The monoisotopic (exact) mass is 433 g/mol. The van der Waals surface area contributed by atoms with Crippen LogP contribution in [-0.2, 0) is 11.2 Å². The molecule has 0 heterocycles. The van der Waals surface area contributed by atoms with Gasteiger partial charge in [0, 0.05) is 17.3 Å². The number of carbonyl (C=O) groups is 1. The first kappa shape index (κ1) is 17.5. The number of hydrogen-bond acceptors (Lipinski definition) is 3. The lowest BCUT2D eigenvalue weighted by Crippen LogP contribution is -2.15. The molecule has 0 spiro atoms. The number of methoxy groups -OCH3 is 2. The zero-order valence-corrected chi connectivity index (χ0v) is 14.6. The summed E-state index contributed by atoms with van der Waals surface area (Å²) in [5.74, 6) is -0.744. The van der Waals surface area contributed by atoms with Crippen molar-refractivity contribution in [2.75, 3.05) is 19.5 Å². The maximum absolute atomic E-state index is 13.5. The van der Waals surface area contributed by atoms with Gasteiger partial charge in [0.1, 0.15) is 23.1 Å². The quantitative estimate of drug-likeness (QED) is 0.577. The molecule has 0 aliphatic rings. The molecule has 0 fully saturated rings. The molecule has 0 saturated carbocycles. The highest BCUT2D eigenvalue weighted by Gasteiger charge is 2.13. The average Bonchev–Trinajstić information content (AvgIpc) is 2.52. The number of carbonyl (C=O) groups excluding carboxylic acids is 1. The van der Waals surface area contributed by atoms with Gasteiger partial charge in [-0.3, -0.25) is 4.79 Å². The Morgan fingerprint density at radius 1 is 1.13 bits per heavy atom.